The molecule has 0 fully saturated rings. The molecule has 0 saturated heterocycles. The van der Waals surface area contributed by atoms with Crippen LogP contribution in [0, 0.1) is 0 Å². The zero-order chi connectivity index (χ0) is 34.6. The van der Waals surface area contributed by atoms with E-state index >= 15 is 0 Å². The average Bonchev–Trinajstić information content (AvgIpc) is 3.60. The van der Waals surface area contributed by atoms with Gasteiger partial charge in [0.25, 0.3) is 0 Å². The van der Waals surface area contributed by atoms with Crippen molar-refractivity contribution in [1.82, 2.24) is 4.57 Å². The van der Waals surface area contributed by atoms with E-state index in [4.69, 9.17) is 11.6 Å². The number of halogens is 1. The number of aromatic nitrogens is 1. The molecule has 0 spiro atoms. The summed E-state index contributed by atoms with van der Waals surface area (Å²) >= 11 is 6.75. The van der Waals surface area contributed by atoms with E-state index in [0.717, 1.165) is 10.7 Å². The van der Waals surface area contributed by atoms with Gasteiger partial charge in [0.15, 0.2) is 0 Å². The molecule has 0 amide bonds. The normalized spacial score (nSPS) is 15.0. The van der Waals surface area contributed by atoms with Crippen LogP contribution in [-0.4, -0.2) is 4.57 Å². The first-order valence-corrected chi connectivity index (χ1v) is 18.2. The monoisotopic (exact) mass is 676 g/mol. The number of anilines is 3. The Morgan fingerprint density at radius 3 is 1.90 bits per heavy atom. The number of hydrogen-bond acceptors (Lipinski definition) is 1. The van der Waals surface area contributed by atoms with Crippen molar-refractivity contribution < 1.29 is 0 Å². The van der Waals surface area contributed by atoms with E-state index in [0.29, 0.717) is 0 Å². The number of hydrogen-bond donors (Lipinski definition) is 0. The standard InChI is InChI=1S/C48H37ClN2/c1-47(2)39-16-10-8-14-35(39)36-22-21-34(29-40(36)47)51-45-24-19-31(27-41(45)48(3,4)42-28-32(49)20-25-46(42)51)30-18-23-44-38(26-30)37-15-9-11-17-43(37)50(44)33-12-6-5-7-13-33/h5-29H,1-4H3. The Morgan fingerprint density at radius 2 is 1.06 bits per heavy atom. The van der Waals surface area contributed by atoms with Gasteiger partial charge in [0.05, 0.1) is 22.4 Å². The molecular formula is C48H37ClN2. The van der Waals surface area contributed by atoms with Crippen molar-refractivity contribution in [3.05, 3.63) is 179 Å². The lowest BCUT2D eigenvalue weighted by molar-refractivity contribution is 0.632. The molecule has 10 rings (SSSR count). The van der Waals surface area contributed by atoms with Gasteiger partial charge in [-0.3, -0.25) is 0 Å². The zero-order valence-electron chi connectivity index (χ0n) is 29.2. The van der Waals surface area contributed by atoms with Gasteiger partial charge in [-0.05, 0) is 117 Å². The summed E-state index contributed by atoms with van der Waals surface area (Å²) < 4.78 is 2.37. The highest BCUT2D eigenvalue weighted by atomic mass is 35.5. The largest absolute Gasteiger partial charge is 0.310 e. The van der Waals surface area contributed by atoms with Crippen LogP contribution in [0.4, 0.5) is 17.1 Å². The fourth-order valence-corrected chi connectivity index (χ4v) is 9.18. The molecule has 246 valence electrons. The molecule has 1 aliphatic carbocycles. The third-order valence-corrected chi connectivity index (χ3v) is 11.9. The van der Waals surface area contributed by atoms with Crippen LogP contribution in [0.1, 0.15) is 49.9 Å². The maximum Gasteiger partial charge on any atom is 0.0541 e. The lowest BCUT2D eigenvalue weighted by atomic mass is 9.72. The third-order valence-electron chi connectivity index (χ3n) is 11.6. The van der Waals surface area contributed by atoms with E-state index < -0.39 is 0 Å². The SMILES string of the molecule is CC1(C)c2ccccc2-c2ccc(N3c4ccc(Cl)cc4C(C)(C)c4cc(-c5ccc6c(c5)c5ccccc5n6-c5ccccc5)ccc43)cc21. The van der Waals surface area contributed by atoms with Crippen molar-refractivity contribution in [3.63, 3.8) is 0 Å². The second-order valence-electron chi connectivity index (χ2n) is 15.2. The van der Waals surface area contributed by atoms with Crippen LogP contribution in [0.25, 0.3) is 49.7 Å². The number of para-hydroxylation sites is 2. The minimum absolute atomic E-state index is 0.0885. The van der Waals surface area contributed by atoms with E-state index in [1.165, 1.54) is 83.4 Å². The summed E-state index contributed by atoms with van der Waals surface area (Å²) in [4.78, 5) is 2.45. The van der Waals surface area contributed by atoms with Gasteiger partial charge in [-0.1, -0.05) is 118 Å². The van der Waals surface area contributed by atoms with Crippen LogP contribution in [0.2, 0.25) is 5.02 Å². The average molecular weight is 677 g/mol. The molecule has 0 radical (unpaired) electrons. The first-order valence-electron chi connectivity index (χ1n) is 17.8. The third kappa shape index (κ3) is 4.30. The van der Waals surface area contributed by atoms with Gasteiger partial charge >= 0.3 is 0 Å². The molecule has 1 aliphatic heterocycles. The Bertz CT molecular complexity index is 2710. The molecule has 0 saturated carbocycles. The molecule has 0 unspecified atom stereocenters. The summed E-state index contributed by atoms with van der Waals surface area (Å²) in [6.07, 6.45) is 0. The van der Waals surface area contributed by atoms with Crippen molar-refractivity contribution in [2.24, 2.45) is 0 Å². The second kappa shape index (κ2) is 10.7. The minimum atomic E-state index is -0.276. The molecule has 0 bridgehead atoms. The molecule has 0 atom stereocenters. The van der Waals surface area contributed by atoms with E-state index in [9.17, 15) is 0 Å². The van der Waals surface area contributed by atoms with Gasteiger partial charge in [0.2, 0.25) is 0 Å². The Labute approximate surface area is 304 Å². The molecule has 2 nitrogen and oxygen atoms in total. The highest BCUT2D eigenvalue weighted by molar-refractivity contribution is 6.30. The van der Waals surface area contributed by atoms with Gasteiger partial charge < -0.3 is 9.47 Å². The summed E-state index contributed by atoms with van der Waals surface area (Å²) in [7, 11) is 0. The Morgan fingerprint density at radius 1 is 0.431 bits per heavy atom. The molecule has 1 aromatic heterocycles. The highest BCUT2D eigenvalue weighted by Crippen LogP contribution is 2.55. The van der Waals surface area contributed by atoms with Crippen LogP contribution >= 0.6 is 11.6 Å². The fourth-order valence-electron chi connectivity index (χ4n) is 9.01. The first-order chi connectivity index (χ1) is 24.7. The second-order valence-corrected chi connectivity index (χ2v) is 15.6. The maximum absolute atomic E-state index is 6.75. The van der Waals surface area contributed by atoms with Crippen molar-refractivity contribution in [2.45, 2.75) is 38.5 Å². The number of fused-ring (bicyclic) bond motifs is 8. The maximum atomic E-state index is 6.75. The smallest absolute Gasteiger partial charge is 0.0541 e. The highest BCUT2D eigenvalue weighted by Gasteiger charge is 2.39. The topological polar surface area (TPSA) is 8.17 Å². The van der Waals surface area contributed by atoms with Crippen LogP contribution in [0.5, 0.6) is 0 Å². The van der Waals surface area contributed by atoms with E-state index in [1.807, 2.05) is 6.07 Å². The lowest BCUT2D eigenvalue weighted by Crippen LogP contribution is -2.31. The van der Waals surface area contributed by atoms with Crippen molar-refractivity contribution in [3.8, 4) is 27.9 Å². The number of rotatable bonds is 3. The summed E-state index contributed by atoms with van der Waals surface area (Å²) in [5.74, 6) is 0. The molecule has 2 aliphatic rings. The van der Waals surface area contributed by atoms with Crippen LogP contribution in [0.3, 0.4) is 0 Å². The summed E-state index contributed by atoms with van der Waals surface area (Å²) in [5, 5.41) is 3.27. The van der Waals surface area contributed by atoms with E-state index in [-0.39, 0.29) is 10.8 Å². The lowest BCUT2D eigenvalue weighted by Gasteiger charge is -2.42. The van der Waals surface area contributed by atoms with E-state index in [2.05, 4.69) is 183 Å². The molecule has 3 heteroatoms. The van der Waals surface area contributed by atoms with Gasteiger partial charge in [0, 0.05) is 38.0 Å². The van der Waals surface area contributed by atoms with Gasteiger partial charge in [-0.2, -0.15) is 0 Å². The van der Waals surface area contributed by atoms with Crippen molar-refractivity contribution in [1.29, 1.82) is 0 Å². The Hall–Kier alpha value is -5.57. The molecule has 7 aromatic carbocycles. The molecule has 51 heavy (non-hydrogen) atoms. The summed E-state index contributed by atoms with van der Waals surface area (Å²) in [6.45, 7) is 9.37. The van der Waals surface area contributed by atoms with Gasteiger partial charge in [-0.25, -0.2) is 0 Å². The minimum Gasteiger partial charge on any atom is -0.310 e. The molecule has 2 heterocycles. The molecule has 8 aromatic rings. The van der Waals surface area contributed by atoms with E-state index in [1.54, 1.807) is 0 Å². The Kier molecular flexibility index (Phi) is 6.36. The number of nitrogens with zero attached hydrogens (tertiary/aromatic N) is 2. The molecule has 0 N–H and O–H groups in total. The quantitative estimate of drug-likeness (QED) is 0.181. The van der Waals surface area contributed by atoms with Crippen LogP contribution in [0.15, 0.2) is 152 Å². The van der Waals surface area contributed by atoms with Crippen molar-refractivity contribution in [2.75, 3.05) is 4.90 Å². The predicted molar refractivity (Wildman–Crippen MR) is 216 cm³/mol. The predicted octanol–water partition coefficient (Wildman–Crippen LogP) is 13.5. The first kappa shape index (κ1) is 30.3. The zero-order valence-corrected chi connectivity index (χ0v) is 30.0. The van der Waals surface area contributed by atoms with Crippen molar-refractivity contribution >= 4 is 50.5 Å². The van der Waals surface area contributed by atoms with Gasteiger partial charge in [0.1, 0.15) is 0 Å². The summed E-state index contributed by atoms with van der Waals surface area (Å²) in [5.41, 5.74) is 17.1. The molecular weight excluding hydrogens is 640 g/mol. The summed E-state index contributed by atoms with van der Waals surface area (Å²) in [6, 6.07) is 55.6. The van der Waals surface area contributed by atoms with Crippen LogP contribution < -0.4 is 4.90 Å². The van der Waals surface area contributed by atoms with Crippen LogP contribution in [-0.2, 0) is 10.8 Å². The van der Waals surface area contributed by atoms with Gasteiger partial charge in [-0.15, -0.1) is 0 Å². The number of benzene rings is 7. The Balaban J connectivity index is 1.15. The fraction of sp³-hybridized carbons (Fsp3) is 0.125.